The normalized spacial score (nSPS) is 22.5. The average molecular weight is 461 g/mol. The first kappa shape index (κ1) is 25.0. The molecule has 0 radical (unpaired) electrons. The smallest absolute Gasteiger partial charge is 0.469 e. The summed E-state index contributed by atoms with van der Waals surface area (Å²) in [5, 5.41) is 6.67. The predicted molar refractivity (Wildman–Crippen MR) is 106 cm³/mol. The Balaban J connectivity index is 1.92. The second kappa shape index (κ2) is 10.4. The first-order valence-corrected chi connectivity index (χ1v) is 11.1. The van der Waals surface area contributed by atoms with E-state index in [9.17, 15) is 18.9 Å². The third kappa shape index (κ3) is 6.60. The first-order chi connectivity index (χ1) is 14.5. The predicted octanol–water partition coefficient (Wildman–Crippen LogP) is 1.34. The van der Waals surface area contributed by atoms with Gasteiger partial charge in [-0.25, -0.2) is 13.9 Å². The van der Waals surface area contributed by atoms with Gasteiger partial charge in [-0.05, 0) is 12.5 Å². The van der Waals surface area contributed by atoms with Crippen molar-refractivity contribution < 1.29 is 42.0 Å². The molecule has 1 saturated heterocycles. The monoisotopic (exact) mass is 461 g/mol. The van der Waals surface area contributed by atoms with E-state index in [-0.39, 0.29) is 25.3 Å². The van der Waals surface area contributed by atoms with Crippen LogP contribution in [0, 0.1) is 5.41 Å². The molecule has 0 aliphatic carbocycles. The van der Waals surface area contributed by atoms with Gasteiger partial charge in [-0.1, -0.05) is 20.8 Å². The van der Waals surface area contributed by atoms with Crippen LogP contribution < -0.4 is 5.32 Å². The molecule has 174 valence electrons. The molecule has 0 aromatic carbocycles. The molecule has 1 aliphatic heterocycles. The van der Waals surface area contributed by atoms with Gasteiger partial charge in [-0.3, -0.25) is 23.3 Å². The molecule has 0 bridgehead atoms. The minimum atomic E-state index is -4.17. The van der Waals surface area contributed by atoms with Crippen LogP contribution in [0.5, 0.6) is 0 Å². The quantitative estimate of drug-likeness (QED) is 0.325. The number of carbonyl (C=O) groups is 3. The van der Waals surface area contributed by atoms with Crippen molar-refractivity contribution >= 4 is 25.7 Å². The van der Waals surface area contributed by atoms with Crippen molar-refractivity contribution in [3.8, 4) is 0 Å². The SMILES string of the molecule is CCc1cc(C(=O)OCO[P@]2(=O)OCC(C)(C)[C@H](C(=O)NCCC(=O)OC)O2)n(C)n1. The number of aromatic nitrogens is 2. The van der Waals surface area contributed by atoms with Gasteiger partial charge in [0.1, 0.15) is 5.69 Å². The van der Waals surface area contributed by atoms with Gasteiger partial charge >= 0.3 is 19.8 Å². The summed E-state index contributed by atoms with van der Waals surface area (Å²) in [6.45, 7) is 4.49. The molecule has 1 amide bonds. The maximum Gasteiger partial charge on any atom is 0.478 e. The fraction of sp³-hybridized carbons (Fsp3) is 0.667. The number of methoxy groups -OCH3 is 1. The summed E-state index contributed by atoms with van der Waals surface area (Å²) in [4.78, 5) is 35.8. The second-order valence-electron chi connectivity index (χ2n) is 7.49. The van der Waals surface area contributed by atoms with Gasteiger partial charge in [0.25, 0.3) is 0 Å². The summed E-state index contributed by atoms with van der Waals surface area (Å²) >= 11 is 0. The number of nitrogens with zero attached hydrogens (tertiary/aromatic N) is 2. The number of hydrogen-bond acceptors (Lipinski definition) is 10. The van der Waals surface area contributed by atoms with Crippen LogP contribution in [0.1, 0.15) is 43.4 Å². The highest BCUT2D eigenvalue weighted by molar-refractivity contribution is 7.48. The lowest BCUT2D eigenvalue weighted by Crippen LogP contribution is -2.50. The van der Waals surface area contributed by atoms with Crippen LogP contribution in [0.4, 0.5) is 0 Å². The molecule has 1 N–H and O–H groups in total. The molecule has 1 aliphatic rings. The van der Waals surface area contributed by atoms with Crippen LogP contribution in [-0.4, -0.2) is 60.8 Å². The number of ether oxygens (including phenoxy) is 2. The van der Waals surface area contributed by atoms with E-state index in [0.717, 1.165) is 0 Å². The number of rotatable bonds is 9. The number of hydrogen-bond donors (Lipinski definition) is 1. The van der Waals surface area contributed by atoms with E-state index >= 15 is 0 Å². The molecule has 2 atom stereocenters. The molecule has 31 heavy (non-hydrogen) atoms. The molecular formula is C18H28N3O9P. The third-order valence-corrected chi connectivity index (χ3v) is 5.87. The topological polar surface area (TPSA) is 144 Å². The van der Waals surface area contributed by atoms with Gasteiger partial charge in [0.2, 0.25) is 12.7 Å². The van der Waals surface area contributed by atoms with Gasteiger partial charge in [-0.15, -0.1) is 0 Å². The van der Waals surface area contributed by atoms with Crippen LogP contribution in [0.3, 0.4) is 0 Å². The van der Waals surface area contributed by atoms with Crippen LogP contribution in [0.2, 0.25) is 0 Å². The second-order valence-corrected chi connectivity index (χ2v) is 9.11. The molecule has 0 saturated carbocycles. The van der Waals surface area contributed by atoms with Crippen molar-refractivity contribution in [1.29, 1.82) is 0 Å². The van der Waals surface area contributed by atoms with Crippen molar-refractivity contribution in [3.05, 3.63) is 17.5 Å². The fourth-order valence-electron chi connectivity index (χ4n) is 2.69. The molecule has 1 aromatic rings. The summed E-state index contributed by atoms with van der Waals surface area (Å²) < 4.78 is 39.2. The van der Waals surface area contributed by atoms with Crippen molar-refractivity contribution in [1.82, 2.24) is 15.1 Å². The molecule has 2 rings (SSSR count). The zero-order valence-corrected chi connectivity index (χ0v) is 19.1. The Hall–Kier alpha value is -2.27. The zero-order valence-electron chi connectivity index (χ0n) is 18.2. The number of phosphoric acid groups is 1. The van der Waals surface area contributed by atoms with E-state index in [1.807, 2.05) is 6.92 Å². The largest absolute Gasteiger partial charge is 0.478 e. The van der Waals surface area contributed by atoms with Crippen LogP contribution in [0.15, 0.2) is 6.07 Å². The fourth-order valence-corrected chi connectivity index (χ4v) is 4.19. The van der Waals surface area contributed by atoms with Gasteiger partial charge in [-0.2, -0.15) is 5.10 Å². The molecule has 2 heterocycles. The maximum atomic E-state index is 12.8. The van der Waals surface area contributed by atoms with Crippen molar-refractivity contribution in [2.24, 2.45) is 12.5 Å². The van der Waals surface area contributed by atoms with Crippen LogP contribution >= 0.6 is 7.82 Å². The van der Waals surface area contributed by atoms with Crippen LogP contribution in [-0.2, 0) is 50.7 Å². The van der Waals surface area contributed by atoms with Gasteiger partial charge < -0.3 is 14.8 Å². The summed E-state index contributed by atoms with van der Waals surface area (Å²) in [7, 11) is -1.34. The Kier molecular flexibility index (Phi) is 8.35. The third-order valence-electron chi connectivity index (χ3n) is 4.54. The molecule has 13 heteroatoms. The Labute approximate surface area is 180 Å². The van der Waals surface area contributed by atoms with Crippen molar-refractivity contribution in [3.63, 3.8) is 0 Å². The van der Waals surface area contributed by atoms with E-state index in [1.54, 1.807) is 27.0 Å². The number of amides is 1. The highest BCUT2D eigenvalue weighted by atomic mass is 31.2. The molecule has 1 fully saturated rings. The number of carbonyl (C=O) groups excluding carboxylic acids is 3. The summed E-state index contributed by atoms with van der Waals surface area (Å²) in [5.41, 5.74) is 0.0905. The molecule has 1 aromatic heterocycles. The number of nitrogens with one attached hydrogen (secondary N) is 1. The Bertz CT molecular complexity index is 867. The lowest BCUT2D eigenvalue weighted by molar-refractivity contribution is -0.144. The van der Waals surface area contributed by atoms with E-state index in [2.05, 4.69) is 15.2 Å². The summed E-state index contributed by atoms with van der Waals surface area (Å²) in [6, 6.07) is 1.58. The minimum Gasteiger partial charge on any atom is -0.469 e. The summed E-state index contributed by atoms with van der Waals surface area (Å²) in [6.07, 6.45) is -0.554. The Morgan fingerprint density at radius 1 is 1.39 bits per heavy atom. The first-order valence-electron chi connectivity index (χ1n) is 9.63. The van der Waals surface area contributed by atoms with Gasteiger partial charge in [0, 0.05) is 19.0 Å². The van der Waals surface area contributed by atoms with Crippen molar-refractivity contribution in [2.75, 3.05) is 27.1 Å². The average Bonchev–Trinajstić information content (AvgIpc) is 3.10. The zero-order chi connectivity index (χ0) is 23.2. The standard InChI is InChI=1S/C18H28N3O9P/c1-6-12-9-13(21(4)20-12)17(24)27-11-29-31(25)28-10-18(2,3)15(30-31)16(23)19-8-7-14(22)26-5/h9,15H,6-8,10-11H2,1-5H3,(H,19,23)/t15-,31-/m0/s1. The minimum absolute atomic E-state index is 0.0233. The summed E-state index contributed by atoms with van der Waals surface area (Å²) in [5.74, 6) is -1.79. The lowest BCUT2D eigenvalue weighted by Gasteiger charge is -2.39. The number of aryl methyl sites for hydroxylation is 2. The highest BCUT2D eigenvalue weighted by Crippen LogP contribution is 2.57. The molecular weight excluding hydrogens is 433 g/mol. The van der Waals surface area contributed by atoms with Gasteiger partial charge in [0.05, 0.1) is 25.8 Å². The van der Waals surface area contributed by atoms with E-state index in [0.29, 0.717) is 12.1 Å². The molecule has 0 spiro atoms. The number of esters is 2. The maximum absolute atomic E-state index is 12.8. The molecule has 0 unspecified atom stereocenters. The van der Waals surface area contributed by atoms with Crippen molar-refractivity contribution in [2.45, 2.75) is 39.7 Å². The van der Waals surface area contributed by atoms with E-state index < -0.39 is 44.0 Å². The number of phosphoric ester groups is 1. The van der Waals surface area contributed by atoms with E-state index in [4.69, 9.17) is 18.3 Å². The molecule has 12 nitrogen and oxygen atoms in total. The van der Waals surface area contributed by atoms with Crippen LogP contribution in [0.25, 0.3) is 0 Å². The highest BCUT2D eigenvalue weighted by Gasteiger charge is 2.49. The van der Waals surface area contributed by atoms with Gasteiger partial charge in [0.15, 0.2) is 6.10 Å². The Morgan fingerprint density at radius 3 is 2.71 bits per heavy atom. The Morgan fingerprint density at radius 2 is 2.10 bits per heavy atom. The van der Waals surface area contributed by atoms with E-state index in [1.165, 1.54) is 11.8 Å². The lowest BCUT2D eigenvalue weighted by atomic mass is 9.87.